The molecule has 0 spiro atoms. The monoisotopic (exact) mass is 518 g/mol. The van der Waals surface area contributed by atoms with Crippen molar-refractivity contribution in [2.75, 3.05) is 44.7 Å². The van der Waals surface area contributed by atoms with Crippen molar-refractivity contribution < 1.29 is 19.4 Å². The van der Waals surface area contributed by atoms with Gasteiger partial charge in [-0.15, -0.1) is 0 Å². The van der Waals surface area contributed by atoms with Crippen LogP contribution >= 0.6 is 0 Å². The van der Waals surface area contributed by atoms with Crippen molar-refractivity contribution in [3.8, 4) is 5.75 Å². The Balaban J connectivity index is 1.67. The average Bonchev–Trinajstić information content (AvgIpc) is 2.90. The fraction of sp³-hybridized carbons (Fsp3) is 0.367. The van der Waals surface area contributed by atoms with E-state index in [0.29, 0.717) is 24.6 Å². The molecule has 0 bridgehead atoms. The lowest BCUT2D eigenvalue weighted by atomic mass is 9.84. The van der Waals surface area contributed by atoms with Crippen LogP contribution in [0.25, 0.3) is 0 Å². The summed E-state index contributed by atoms with van der Waals surface area (Å²) in [6, 6.07) is 18.3. The first kappa shape index (κ1) is 27.4. The maximum absolute atomic E-state index is 12.0. The molecule has 0 saturated carbocycles. The van der Waals surface area contributed by atoms with Gasteiger partial charge in [0.1, 0.15) is 5.75 Å². The minimum Gasteiger partial charge on any atom is -0.497 e. The summed E-state index contributed by atoms with van der Waals surface area (Å²) in [6.07, 6.45) is -0.0351. The largest absolute Gasteiger partial charge is 0.497 e. The van der Waals surface area contributed by atoms with Crippen LogP contribution in [0.15, 0.2) is 54.6 Å². The highest BCUT2D eigenvalue weighted by Gasteiger charge is 2.27. The zero-order chi connectivity index (χ0) is 27.4. The molecule has 4 rings (SSSR count). The van der Waals surface area contributed by atoms with E-state index in [0.717, 1.165) is 35.5 Å². The molecule has 0 radical (unpaired) electrons. The Kier molecular flexibility index (Phi) is 8.56. The summed E-state index contributed by atoms with van der Waals surface area (Å²) < 4.78 is 11.2. The number of anilines is 2. The highest BCUT2D eigenvalue weighted by Crippen LogP contribution is 2.37. The van der Waals surface area contributed by atoms with Crippen LogP contribution in [0.1, 0.15) is 51.8 Å². The number of carbonyl (C=O) groups is 1. The lowest BCUT2D eigenvalue weighted by molar-refractivity contribution is -0.137. The Morgan fingerprint density at radius 2 is 1.92 bits per heavy atom. The number of nitrogens with two attached hydrogens (primary N) is 2. The van der Waals surface area contributed by atoms with Crippen LogP contribution in [0, 0.1) is 13.8 Å². The molecule has 1 fully saturated rings. The molecule has 8 heteroatoms. The third-order valence-electron chi connectivity index (χ3n) is 7.56. The van der Waals surface area contributed by atoms with Crippen molar-refractivity contribution in [2.45, 2.75) is 38.8 Å². The number of rotatable bonds is 9. The van der Waals surface area contributed by atoms with Crippen molar-refractivity contribution in [3.05, 3.63) is 88.0 Å². The Hall–Kier alpha value is -3.59. The molecule has 1 aliphatic heterocycles. The molecule has 3 aromatic rings. The topological polar surface area (TPSA) is 114 Å². The van der Waals surface area contributed by atoms with E-state index in [1.54, 1.807) is 14.2 Å². The van der Waals surface area contributed by atoms with Gasteiger partial charge >= 0.3 is 5.97 Å². The zero-order valence-electron chi connectivity index (χ0n) is 22.6. The summed E-state index contributed by atoms with van der Waals surface area (Å²) in [5.74, 6) is 5.56. The first-order chi connectivity index (χ1) is 18.2. The number of aryl methyl sites for hydroxylation is 1. The number of ether oxygens (including phenoxy) is 2. The maximum Gasteiger partial charge on any atom is 0.304 e. The highest BCUT2D eigenvalue weighted by atomic mass is 16.5. The van der Waals surface area contributed by atoms with Crippen molar-refractivity contribution >= 4 is 17.3 Å². The summed E-state index contributed by atoms with van der Waals surface area (Å²) in [5.41, 5.74) is 13.9. The minimum atomic E-state index is -0.858. The smallest absolute Gasteiger partial charge is 0.304 e. The summed E-state index contributed by atoms with van der Waals surface area (Å²) in [5, 5.41) is 11.3. The third kappa shape index (κ3) is 5.93. The second-order valence-corrected chi connectivity index (χ2v) is 9.99. The standard InChI is InChI=1S/C30H38N4O4/c1-19-5-6-22(26(16-29(35)36)25-11-12-27(33(3)32)30(31)20(25)2)15-23(19)17-34-13-14-38-18-28(34)21-7-9-24(37-4)10-8-21/h5-12,15,26,28H,13-14,16-18,31-32H2,1-4H3,(H,35,36). The highest BCUT2D eigenvalue weighted by molar-refractivity contribution is 5.74. The van der Waals surface area contributed by atoms with E-state index < -0.39 is 5.97 Å². The number of hydrazine groups is 1. The molecular formula is C30H38N4O4. The molecule has 1 saturated heterocycles. The van der Waals surface area contributed by atoms with Crippen molar-refractivity contribution in [3.63, 3.8) is 0 Å². The van der Waals surface area contributed by atoms with E-state index >= 15 is 0 Å². The lowest BCUT2D eigenvalue weighted by Gasteiger charge is -2.36. The van der Waals surface area contributed by atoms with Gasteiger partial charge in [-0.2, -0.15) is 0 Å². The normalized spacial score (nSPS) is 16.7. The number of morpholine rings is 1. The number of hydrogen-bond acceptors (Lipinski definition) is 7. The van der Waals surface area contributed by atoms with Crippen molar-refractivity contribution in [1.82, 2.24) is 4.90 Å². The van der Waals surface area contributed by atoms with Crippen molar-refractivity contribution in [2.24, 2.45) is 5.84 Å². The van der Waals surface area contributed by atoms with Crippen LogP contribution in [0.3, 0.4) is 0 Å². The zero-order valence-corrected chi connectivity index (χ0v) is 22.6. The fourth-order valence-electron chi connectivity index (χ4n) is 5.26. The molecule has 1 aliphatic rings. The Morgan fingerprint density at radius 3 is 2.58 bits per heavy atom. The summed E-state index contributed by atoms with van der Waals surface area (Å²) in [4.78, 5) is 14.4. The number of methoxy groups -OCH3 is 1. The number of aliphatic carboxylic acids is 1. The SMILES string of the molecule is COc1ccc(C2COCCN2Cc2cc(C(CC(=O)O)c3ccc(N(C)N)c(N)c3C)ccc2C)cc1. The Bertz CT molecular complexity index is 1280. The van der Waals surface area contributed by atoms with Crippen LogP contribution < -0.4 is 21.3 Å². The van der Waals surface area contributed by atoms with Crippen LogP contribution in [0.2, 0.25) is 0 Å². The van der Waals surface area contributed by atoms with Crippen LogP contribution in [-0.4, -0.2) is 49.9 Å². The number of benzene rings is 3. The second kappa shape index (κ2) is 11.9. The number of nitrogen functional groups attached to an aromatic ring is 1. The van der Waals surface area contributed by atoms with E-state index in [4.69, 9.17) is 21.1 Å². The number of carboxylic acid groups (broad SMARTS) is 1. The molecular weight excluding hydrogens is 480 g/mol. The van der Waals surface area contributed by atoms with Crippen LogP contribution in [-0.2, 0) is 16.1 Å². The summed E-state index contributed by atoms with van der Waals surface area (Å²) >= 11 is 0. The average molecular weight is 519 g/mol. The summed E-state index contributed by atoms with van der Waals surface area (Å²) in [6.45, 7) is 6.86. The molecule has 5 N–H and O–H groups in total. The number of carboxylic acids is 1. The molecule has 0 aromatic heterocycles. The van der Waals surface area contributed by atoms with Gasteiger partial charge in [0.25, 0.3) is 0 Å². The van der Waals surface area contributed by atoms with Gasteiger partial charge in [-0.3, -0.25) is 9.69 Å². The van der Waals surface area contributed by atoms with E-state index in [9.17, 15) is 9.90 Å². The van der Waals surface area contributed by atoms with Gasteiger partial charge in [-0.25, -0.2) is 5.84 Å². The van der Waals surface area contributed by atoms with Crippen LogP contribution in [0.4, 0.5) is 11.4 Å². The number of nitrogens with zero attached hydrogens (tertiary/aromatic N) is 2. The van der Waals surface area contributed by atoms with Crippen LogP contribution in [0.5, 0.6) is 5.75 Å². The number of hydrogen-bond donors (Lipinski definition) is 3. The van der Waals surface area contributed by atoms with Gasteiger partial charge in [-0.05, 0) is 65.4 Å². The van der Waals surface area contributed by atoms with Gasteiger partial charge < -0.3 is 25.3 Å². The first-order valence-corrected chi connectivity index (χ1v) is 12.8. The van der Waals surface area contributed by atoms with Gasteiger partial charge in [-0.1, -0.05) is 36.4 Å². The fourth-order valence-corrected chi connectivity index (χ4v) is 5.26. The second-order valence-electron chi connectivity index (χ2n) is 9.99. The van der Waals surface area contributed by atoms with Gasteiger partial charge in [0.15, 0.2) is 0 Å². The first-order valence-electron chi connectivity index (χ1n) is 12.8. The minimum absolute atomic E-state index is 0.0351. The third-order valence-corrected chi connectivity index (χ3v) is 7.56. The Morgan fingerprint density at radius 1 is 1.18 bits per heavy atom. The summed E-state index contributed by atoms with van der Waals surface area (Å²) in [7, 11) is 3.40. The molecule has 8 nitrogen and oxygen atoms in total. The molecule has 3 aromatic carbocycles. The quantitative estimate of drug-likeness (QED) is 0.217. The predicted octanol–water partition coefficient (Wildman–Crippen LogP) is 4.38. The lowest BCUT2D eigenvalue weighted by Crippen LogP contribution is -2.39. The molecule has 0 aliphatic carbocycles. The predicted molar refractivity (Wildman–Crippen MR) is 150 cm³/mol. The Labute approximate surface area is 224 Å². The molecule has 202 valence electrons. The van der Waals surface area contributed by atoms with E-state index in [1.165, 1.54) is 21.7 Å². The molecule has 2 unspecified atom stereocenters. The van der Waals surface area contributed by atoms with E-state index in [1.807, 2.05) is 37.3 Å². The molecule has 0 amide bonds. The van der Waals surface area contributed by atoms with Gasteiger partial charge in [0.05, 0.1) is 44.2 Å². The molecule has 1 heterocycles. The van der Waals surface area contributed by atoms with Gasteiger partial charge in [0.2, 0.25) is 0 Å². The van der Waals surface area contributed by atoms with Crippen molar-refractivity contribution in [1.29, 1.82) is 0 Å². The molecule has 38 heavy (non-hydrogen) atoms. The maximum atomic E-state index is 12.0. The van der Waals surface area contributed by atoms with Gasteiger partial charge in [0, 0.05) is 26.1 Å². The van der Waals surface area contributed by atoms with E-state index in [2.05, 4.69) is 36.1 Å². The van der Waals surface area contributed by atoms with E-state index in [-0.39, 0.29) is 18.4 Å². The molecule has 2 atom stereocenters.